The van der Waals surface area contributed by atoms with Gasteiger partial charge in [-0.25, -0.2) is 18.1 Å². The number of sulfonamides is 1. The Morgan fingerprint density at radius 2 is 1.78 bits per heavy atom. The Morgan fingerprint density at radius 3 is 2.26 bits per heavy atom. The van der Waals surface area contributed by atoms with Crippen LogP contribution in [0.3, 0.4) is 0 Å². The standard InChI is InChI=1S/C15H26N4O2S.HI/c1-5-17-15(18-10-12(2)3)19-11-13-6-8-14(9-7-13)22(20,21)16-4;/h6-9,12,16H,5,10-11H2,1-4H3,(H2,17,18,19);1H. The van der Waals surface area contributed by atoms with Gasteiger partial charge in [0.25, 0.3) is 0 Å². The molecule has 0 fully saturated rings. The Kier molecular flexibility index (Phi) is 10.4. The average Bonchev–Trinajstić information content (AvgIpc) is 2.50. The molecule has 0 spiro atoms. The summed E-state index contributed by atoms with van der Waals surface area (Å²) in [6, 6.07) is 6.73. The second kappa shape index (κ2) is 10.8. The monoisotopic (exact) mass is 454 g/mol. The molecule has 0 aromatic heterocycles. The van der Waals surface area contributed by atoms with E-state index in [2.05, 4.69) is 34.2 Å². The van der Waals surface area contributed by atoms with Gasteiger partial charge in [0.15, 0.2) is 5.96 Å². The van der Waals surface area contributed by atoms with Crippen LogP contribution in [-0.4, -0.2) is 34.5 Å². The van der Waals surface area contributed by atoms with E-state index in [9.17, 15) is 8.42 Å². The Balaban J connectivity index is 0.00000484. The third kappa shape index (κ3) is 7.98. The summed E-state index contributed by atoms with van der Waals surface area (Å²) in [5.74, 6) is 1.30. The van der Waals surface area contributed by atoms with Crippen molar-refractivity contribution in [2.24, 2.45) is 10.9 Å². The Bertz CT molecular complexity index is 586. The van der Waals surface area contributed by atoms with Crippen molar-refractivity contribution in [2.45, 2.75) is 32.2 Å². The van der Waals surface area contributed by atoms with Gasteiger partial charge in [0.05, 0.1) is 11.4 Å². The average molecular weight is 454 g/mol. The molecule has 8 heteroatoms. The summed E-state index contributed by atoms with van der Waals surface area (Å²) in [6.07, 6.45) is 0. The van der Waals surface area contributed by atoms with Gasteiger partial charge in [-0.2, -0.15) is 0 Å². The third-order valence-electron chi connectivity index (χ3n) is 2.94. The van der Waals surface area contributed by atoms with Gasteiger partial charge in [0.1, 0.15) is 0 Å². The number of benzene rings is 1. The van der Waals surface area contributed by atoms with Gasteiger partial charge in [0.2, 0.25) is 10.0 Å². The quantitative estimate of drug-likeness (QED) is 0.334. The summed E-state index contributed by atoms with van der Waals surface area (Å²) in [4.78, 5) is 4.75. The molecule has 0 saturated heterocycles. The van der Waals surface area contributed by atoms with E-state index in [0.29, 0.717) is 12.5 Å². The number of hydrogen-bond acceptors (Lipinski definition) is 3. The lowest BCUT2D eigenvalue weighted by Gasteiger charge is -2.13. The second-order valence-electron chi connectivity index (χ2n) is 5.32. The first-order valence-corrected chi connectivity index (χ1v) is 8.92. The van der Waals surface area contributed by atoms with Crippen LogP contribution >= 0.6 is 24.0 Å². The van der Waals surface area contributed by atoms with Crippen molar-refractivity contribution >= 4 is 40.0 Å². The van der Waals surface area contributed by atoms with Crippen LogP contribution in [0, 0.1) is 5.92 Å². The van der Waals surface area contributed by atoms with Gasteiger partial charge >= 0.3 is 0 Å². The van der Waals surface area contributed by atoms with Crippen LogP contribution in [0.2, 0.25) is 0 Å². The molecule has 132 valence electrons. The maximum Gasteiger partial charge on any atom is 0.240 e. The maximum absolute atomic E-state index is 11.7. The van der Waals surface area contributed by atoms with Crippen molar-refractivity contribution in [1.82, 2.24) is 15.4 Å². The molecule has 23 heavy (non-hydrogen) atoms. The highest BCUT2D eigenvalue weighted by molar-refractivity contribution is 14.0. The summed E-state index contributed by atoms with van der Waals surface area (Å²) in [7, 11) is -1.98. The smallest absolute Gasteiger partial charge is 0.240 e. The fourth-order valence-corrected chi connectivity index (χ4v) is 2.43. The van der Waals surface area contributed by atoms with Crippen LogP contribution in [-0.2, 0) is 16.6 Å². The third-order valence-corrected chi connectivity index (χ3v) is 4.37. The second-order valence-corrected chi connectivity index (χ2v) is 7.21. The molecule has 3 N–H and O–H groups in total. The van der Waals surface area contributed by atoms with E-state index in [4.69, 9.17) is 0 Å². The predicted octanol–water partition coefficient (Wildman–Crippen LogP) is 1.92. The van der Waals surface area contributed by atoms with E-state index in [1.165, 1.54) is 7.05 Å². The van der Waals surface area contributed by atoms with Gasteiger partial charge in [-0.1, -0.05) is 26.0 Å². The lowest BCUT2D eigenvalue weighted by Crippen LogP contribution is -2.39. The van der Waals surface area contributed by atoms with E-state index in [1.807, 2.05) is 6.92 Å². The fraction of sp³-hybridized carbons (Fsp3) is 0.533. The van der Waals surface area contributed by atoms with E-state index < -0.39 is 10.0 Å². The molecule has 0 unspecified atom stereocenters. The van der Waals surface area contributed by atoms with Gasteiger partial charge in [-0.05, 0) is 37.6 Å². The minimum Gasteiger partial charge on any atom is -0.357 e. The van der Waals surface area contributed by atoms with E-state index >= 15 is 0 Å². The SMILES string of the molecule is CCNC(=NCc1ccc(S(=O)(=O)NC)cc1)NCC(C)C.I. The summed E-state index contributed by atoms with van der Waals surface area (Å²) >= 11 is 0. The first-order chi connectivity index (χ1) is 10.4. The van der Waals surface area contributed by atoms with Crippen molar-refractivity contribution in [1.29, 1.82) is 0 Å². The number of hydrogen-bond donors (Lipinski definition) is 3. The number of aliphatic imine (C=N–C) groups is 1. The molecule has 6 nitrogen and oxygen atoms in total. The first-order valence-electron chi connectivity index (χ1n) is 7.43. The highest BCUT2D eigenvalue weighted by atomic mass is 127. The zero-order valence-electron chi connectivity index (χ0n) is 14.1. The molecule has 0 radical (unpaired) electrons. The van der Waals surface area contributed by atoms with Gasteiger partial charge < -0.3 is 10.6 Å². The molecule has 0 saturated carbocycles. The van der Waals surface area contributed by atoms with E-state index in [-0.39, 0.29) is 28.9 Å². The van der Waals surface area contributed by atoms with Gasteiger partial charge in [0, 0.05) is 13.1 Å². The predicted molar refractivity (Wildman–Crippen MR) is 106 cm³/mol. The van der Waals surface area contributed by atoms with E-state index in [1.54, 1.807) is 24.3 Å². The van der Waals surface area contributed by atoms with Crippen molar-refractivity contribution in [3.63, 3.8) is 0 Å². The van der Waals surface area contributed by atoms with Crippen LogP contribution in [0.15, 0.2) is 34.2 Å². The number of nitrogens with one attached hydrogen (secondary N) is 3. The van der Waals surface area contributed by atoms with Crippen molar-refractivity contribution in [3.05, 3.63) is 29.8 Å². The molecule has 1 aromatic rings. The van der Waals surface area contributed by atoms with Crippen molar-refractivity contribution in [2.75, 3.05) is 20.1 Å². The number of halogens is 1. The zero-order chi connectivity index (χ0) is 16.6. The minimum atomic E-state index is -3.38. The Morgan fingerprint density at radius 1 is 1.17 bits per heavy atom. The number of guanidine groups is 1. The summed E-state index contributed by atoms with van der Waals surface area (Å²) in [5, 5.41) is 6.45. The van der Waals surface area contributed by atoms with Crippen molar-refractivity contribution in [3.8, 4) is 0 Å². The molecule has 0 bridgehead atoms. The molecule has 0 amide bonds. The molecule has 0 aliphatic rings. The normalized spacial score (nSPS) is 12.0. The Hall–Kier alpha value is -0.870. The van der Waals surface area contributed by atoms with Crippen molar-refractivity contribution < 1.29 is 8.42 Å². The zero-order valence-corrected chi connectivity index (χ0v) is 17.2. The molecule has 1 aromatic carbocycles. The maximum atomic E-state index is 11.7. The number of nitrogens with zero attached hydrogens (tertiary/aromatic N) is 1. The summed E-state index contributed by atoms with van der Waals surface area (Å²) < 4.78 is 25.6. The van der Waals surface area contributed by atoms with Crippen LogP contribution < -0.4 is 15.4 Å². The molecular formula is C15H27IN4O2S. The lowest BCUT2D eigenvalue weighted by atomic mass is 10.2. The topological polar surface area (TPSA) is 82.6 Å². The molecular weight excluding hydrogens is 427 g/mol. The van der Waals surface area contributed by atoms with Gasteiger partial charge in [-0.15, -0.1) is 24.0 Å². The molecule has 0 aliphatic carbocycles. The minimum absolute atomic E-state index is 0. The molecule has 0 heterocycles. The fourth-order valence-electron chi connectivity index (χ4n) is 1.70. The summed E-state index contributed by atoms with van der Waals surface area (Å²) in [5.41, 5.74) is 0.955. The van der Waals surface area contributed by atoms with E-state index in [0.717, 1.165) is 24.6 Å². The summed E-state index contributed by atoms with van der Waals surface area (Å²) in [6.45, 7) is 8.43. The number of rotatable bonds is 7. The van der Waals surface area contributed by atoms with Crippen LogP contribution in [0.1, 0.15) is 26.3 Å². The molecule has 1 rings (SSSR count). The lowest BCUT2D eigenvalue weighted by molar-refractivity contribution is 0.588. The van der Waals surface area contributed by atoms with Crippen LogP contribution in [0.5, 0.6) is 0 Å². The Labute approximate surface area is 156 Å². The van der Waals surface area contributed by atoms with Gasteiger partial charge in [-0.3, -0.25) is 0 Å². The molecule has 0 atom stereocenters. The van der Waals surface area contributed by atoms with Crippen LogP contribution in [0.4, 0.5) is 0 Å². The highest BCUT2D eigenvalue weighted by Gasteiger charge is 2.10. The van der Waals surface area contributed by atoms with Crippen LogP contribution in [0.25, 0.3) is 0 Å². The molecule has 0 aliphatic heterocycles. The highest BCUT2D eigenvalue weighted by Crippen LogP contribution is 2.10. The first kappa shape index (κ1) is 22.1. The largest absolute Gasteiger partial charge is 0.357 e.